The zero-order valence-corrected chi connectivity index (χ0v) is 13.1. The SMILES string of the molecule is CCN(CC)C(=O)C(C)Oc1ccc2c(c1)CCCC2O. The molecule has 1 aliphatic carbocycles. The van der Waals surface area contributed by atoms with Crippen molar-refractivity contribution in [2.75, 3.05) is 13.1 Å². The summed E-state index contributed by atoms with van der Waals surface area (Å²) < 4.78 is 5.79. The Morgan fingerprint density at radius 1 is 1.43 bits per heavy atom. The lowest BCUT2D eigenvalue weighted by molar-refractivity contribution is -0.137. The van der Waals surface area contributed by atoms with E-state index in [0.29, 0.717) is 18.8 Å². The molecule has 0 fully saturated rings. The number of amides is 1. The number of carbonyl (C=O) groups is 1. The van der Waals surface area contributed by atoms with Crippen molar-refractivity contribution in [3.8, 4) is 5.75 Å². The Labute approximate surface area is 126 Å². The van der Waals surface area contributed by atoms with E-state index in [4.69, 9.17) is 4.74 Å². The van der Waals surface area contributed by atoms with E-state index in [1.165, 1.54) is 0 Å². The molecule has 0 aromatic heterocycles. The van der Waals surface area contributed by atoms with Gasteiger partial charge in [-0.2, -0.15) is 0 Å². The monoisotopic (exact) mass is 291 g/mol. The molecule has 2 unspecified atom stereocenters. The highest BCUT2D eigenvalue weighted by atomic mass is 16.5. The lowest BCUT2D eigenvalue weighted by Gasteiger charge is -2.25. The van der Waals surface area contributed by atoms with Gasteiger partial charge in [0.1, 0.15) is 5.75 Å². The molecule has 116 valence electrons. The number of likely N-dealkylation sites (N-methyl/N-ethyl adjacent to an activating group) is 1. The quantitative estimate of drug-likeness (QED) is 0.907. The molecule has 0 spiro atoms. The molecule has 0 saturated carbocycles. The fourth-order valence-corrected chi connectivity index (χ4v) is 2.89. The number of fused-ring (bicyclic) bond motifs is 1. The van der Waals surface area contributed by atoms with E-state index in [-0.39, 0.29) is 12.0 Å². The van der Waals surface area contributed by atoms with Crippen LogP contribution in [0, 0.1) is 0 Å². The number of aliphatic hydroxyl groups excluding tert-OH is 1. The van der Waals surface area contributed by atoms with Crippen LogP contribution in [0.4, 0.5) is 0 Å². The predicted molar refractivity (Wildman–Crippen MR) is 82.4 cm³/mol. The fourth-order valence-electron chi connectivity index (χ4n) is 2.89. The van der Waals surface area contributed by atoms with Crippen LogP contribution in [0.25, 0.3) is 0 Å². The Morgan fingerprint density at radius 2 is 2.14 bits per heavy atom. The van der Waals surface area contributed by atoms with Gasteiger partial charge in [-0.05, 0) is 63.3 Å². The van der Waals surface area contributed by atoms with E-state index in [9.17, 15) is 9.90 Å². The molecule has 0 bridgehead atoms. The maximum atomic E-state index is 12.2. The van der Waals surface area contributed by atoms with Crippen LogP contribution in [0.2, 0.25) is 0 Å². The molecule has 2 rings (SSSR count). The average molecular weight is 291 g/mol. The normalized spacial score (nSPS) is 18.8. The number of rotatable bonds is 5. The van der Waals surface area contributed by atoms with Gasteiger partial charge in [0.25, 0.3) is 5.91 Å². The van der Waals surface area contributed by atoms with Gasteiger partial charge in [0.15, 0.2) is 6.10 Å². The number of aliphatic hydroxyl groups is 1. The molecule has 0 heterocycles. The van der Waals surface area contributed by atoms with Crippen LogP contribution in [0.15, 0.2) is 18.2 Å². The first-order valence-electron chi connectivity index (χ1n) is 7.83. The number of carbonyl (C=O) groups excluding carboxylic acids is 1. The van der Waals surface area contributed by atoms with E-state index in [0.717, 1.165) is 30.4 Å². The number of ether oxygens (including phenoxy) is 1. The summed E-state index contributed by atoms with van der Waals surface area (Å²) in [5.74, 6) is 0.716. The van der Waals surface area contributed by atoms with Crippen molar-refractivity contribution >= 4 is 5.91 Å². The molecule has 1 aromatic rings. The number of aryl methyl sites for hydroxylation is 1. The smallest absolute Gasteiger partial charge is 0.263 e. The van der Waals surface area contributed by atoms with Crippen LogP contribution in [0.1, 0.15) is 50.8 Å². The van der Waals surface area contributed by atoms with Crippen LogP contribution in [-0.2, 0) is 11.2 Å². The second-order valence-electron chi connectivity index (χ2n) is 5.54. The van der Waals surface area contributed by atoms with Crippen molar-refractivity contribution in [2.24, 2.45) is 0 Å². The molecule has 4 nitrogen and oxygen atoms in total. The van der Waals surface area contributed by atoms with E-state index < -0.39 is 6.10 Å². The Kier molecular flexibility index (Phi) is 5.23. The molecule has 0 aliphatic heterocycles. The topological polar surface area (TPSA) is 49.8 Å². The number of nitrogens with zero attached hydrogens (tertiary/aromatic N) is 1. The van der Waals surface area contributed by atoms with Gasteiger partial charge in [0.05, 0.1) is 6.10 Å². The maximum Gasteiger partial charge on any atom is 0.263 e. The summed E-state index contributed by atoms with van der Waals surface area (Å²) in [5, 5.41) is 9.96. The third-order valence-electron chi connectivity index (χ3n) is 4.13. The van der Waals surface area contributed by atoms with Gasteiger partial charge in [0, 0.05) is 13.1 Å². The van der Waals surface area contributed by atoms with Crippen molar-refractivity contribution in [1.29, 1.82) is 0 Å². The van der Waals surface area contributed by atoms with Crippen LogP contribution >= 0.6 is 0 Å². The second-order valence-corrected chi connectivity index (χ2v) is 5.54. The molecule has 1 N–H and O–H groups in total. The lowest BCUT2D eigenvalue weighted by Crippen LogP contribution is -2.40. The van der Waals surface area contributed by atoms with Crippen molar-refractivity contribution in [3.05, 3.63) is 29.3 Å². The highest BCUT2D eigenvalue weighted by molar-refractivity contribution is 5.80. The van der Waals surface area contributed by atoms with Gasteiger partial charge in [-0.15, -0.1) is 0 Å². The number of benzene rings is 1. The minimum Gasteiger partial charge on any atom is -0.481 e. The van der Waals surface area contributed by atoms with E-state index in [2.05, 4.69) is 0 Å². The highest BCUT2D eigenvalue weighted by Gasteiger charge is 2.22. The first kappa shape index (κ1) is 15.8. The first-order valence-corrected chi connectivity index (χ1v) is 7.83. The summed E-state index contributed by atoms with van der Waals surface area (Å²) in [7, 11) is 0. The van der Waals surface area contributed by atoms with Gasteiger partial charge < -0.3 is 14.7 Å². The Bertz CT molecular complexity index is 497. The van der Waals surface area contributed by atoms with Crippen LogP contribution < -0.4 is 4.74 Å². The van der Waals surface area contributed by atoms with Crippen LogP contribution in [0.3, 0.4) is 0 Å². The molecular formula is C17H25NO3. The predicted octanol–water partition coefficient (Wildman–Crippen LogP) is 2.69. The summed E-state index contributed by atoms with van der Waals surface area (Å²) in [5.41, 5.74) is 2.13. The molecule has 1 aliphatic rings. The third-order valence-corrected chi connectivity index (χ3v) is 4.13. The molecule has 0 radical (unpaired) electrons. The van der Waals surface area contributed by atoms with Crippen LogP contribution in [-0.4, -0.2) is 35.1 Å². The minimum atomic E-state index is -0.489. The average Bonchev–Trinajstić information content (AvgIpc) is 2.48. The Hall–Kier alpha value is -1.55. The fraction of sp³-hybridized carbons (Fsp3) is 0.588. The minimum absolute atomic E-state index is 0.0118. The number of hydrogen-bond donors (Lipinski definition) is 1. The zero-order valence-electron chi connectivity index (χ0n) is 13.1. The summed E-state index contributed by atoms with van der Waals surface area (Å²) in [4.78, 5) is 14.0. The largest absolute Gasteiger partial charge is 0.481 e. The van der Waals surface area contributed by atoms with Gasteiger partial charge in [-0.1, -0.05) is 6.07 Å². The third kappa shape index (κ3) is 3.56. The molecule has 21 heavy (non-hydrogen) atoms. The van der Waals surface area contributed by atoms with Crippen LogP contribution in [0.5, 0.6) is 5.75 Å². The molecule has 0 saturated heterocycles. The zero-order chi connectivity index (χ0) is 15.4. The standard InChI is InChI=1S/C17H25NO3/c1-4-18(5-2)17(20)12(3)21-14-9-10-15-13(11-14)7-6-8-16(15)19/h9-12,16,19H,4-8H2,1-3H3. The van der Waals surface area contributed by atoms with E-state index in [1.807, 2.05) is 32.0 Å². The van der Waals surface area contributed by atoms with Gasteiger partial charge in [0.2, 0.25) is 0 Å². The van der Waals surface area contributed by atoms with Crippen molar-refractivity contribution in [2.45, 2.75) is 52.2 Å². The highest BCUT2D eigenvalue weighted by Crippen LogP contribution is 2.32. The van der Waals surface area contributed by atoms with Crippen molar-refractivity contribution in [1.82, 2.24) is 4.90 Å². The van der Waals surface area contributed by atoms with E-state index >= 15 is 0 Å². The lowest BCUT2D eigenvalue weighted by atomic mass is 9.89. The Morgan fingerprint density at radius 3 is 2.81 bits per heavy atom. The second kappa shape index (κ2) is 6.94. The molecule has 1 amide bonds. The molecule has 2 atom stereocenters. The first-order chi connectivity index (χ1) is 10.1. The van der Waals surface area contributed by atoms with E-state index in [1.54, 1.807) is 11.8 Å². The molecule has 1 aromatic carbocycles. The summed E-state index contributed by atoms with van der Waals surface area (Å²) >= 11 is 0. The summed E-state index contributed by atoms with van der Waals surface area (Å²) in [6.07, 6.45) is 1.92. The van der Waals surface area contributed by atoms with Gasteiger partial charge in [-0.3, -0.25) is 4.79 Å². The number of hydrogen-bond acceptors (Lipinski definition) is 3. The van der Waals surface area contributed by atoms with Gasteiger partial charge in [-0.25, -0.2) is 0 Å². The van der Waals surface area contributed by atoms with Crippen molar-refractivity contribution < 1.29 is 14.6 Å². The Balaban J connectivity index is 2.08. The molecule has 4 heteroatoms. The molecular weight excluding hydrogens is 266 g/mol. The van der Waals surface area contributed by atoms with Gasteiger partial charge >= 0.3 is 0 Å². The van der Waals surface area contributed by atoms with Crippen molar-refractivity contribution in [3.63, 3.8) is 0 Å². The summed E-state index contributed by atoms with van der Waals surface area (Å²) in [6.45, 7) is 7.11. The maximum absolute atomic E-state index is 12.2. The summed E-state index contributed by atoms with van der Waals surface area (Å²) in [6, 6.07) is 5.73.